The molecule has 0 aromatic heterocycles. The summed E-state index contributed by atoms with van der Waals surface area (Å²) < 4.78 is 0. The van der Waals surface area contributed by atoms with E-state index in [1.165, 1.54) is 0 Å². The van der Waals surface area contributed by atoms with E-state index < -0.39 is 0 Å². The van der Waals surface area contributed by atoms with Crippen molar-refractivity contribution in [2.75, 3.05) is 0 Å². The zero-order valence-corrected chi connectivity index (χ0v) is 12.9. The largest absolute Gasteiger partial charge is 0.300 e. The van der Waals surface area contributed by atoms with Gasteiger partial charge in [-0.05, 0) is 30.2 Å². The van der Waals surface area contributed by atoms with E-state index in [2.05, 4.69) is 0 Å². The number of rotatable bonds is 3. The number of allylic oxidation sites excluding steroid dienone is 1. The predicted molar refractivity (Wildman–Crippen MR) is 88.2 cm³/mol. The number of carbonyl (C=O) groups is 2. The van der Waals surface area contributed by atoms with Gasteiger partial charge in [0.15, 0.2) is 5.78 Å². The third kappa shape index (κ3) is 2.62. The van der Waals surface area contributed by atoms with Crippen LogP contribution in [0.3, 0.4) is 0 Å². The molecule has 1 unspecified atom stereocenters. The average Bonchev–Trinajstić information content (AvgIpc) is 2.75. The molecule has 1 aliphatic carbocycles. The highest BCUT2D eigenvalue weighted by Crippen LogP contribution is 2.41. The van der Waals surface area contributed by atoms with E-state index in [1.54, 1.807) is 13.0 Å². The highest BCUT2D eigenvalue weighted by molar-refractivity contribution is 6.32. The summed E-state index contributed by atoms with van der Waals surface area (Å²) in [6.07, 6.45) is 2.15. The van der Waals surface area contributed by atoms with Crippen LogP contribution in [-0.2, 0) is 4.79 Å². The summed E-state index contributed by atoms with van der Waals surface area (Å²) in [6.45, 7) is 1.55. The van der Waals surface area contributed by atoms with Crippen molar-refractivity contribution in [2.24, 2.45) is 0 Å². The molecule has 0 spiro atoms. The summed E-state index contributed by atoms with van der Waals surface area (Å²) in [6, 6.07) is 14.9. The molecule has 0 saturated heterocycles. The fourth-order valence-electron chi connectivity index (χ4n) is 2.92. The van der Waals surface area contributed by atoms with Crippen molar-refractivity contribution >= 4 is 29.2 Å². The predicted octanol–water partition coefficient (Wildman–Crippen LogP) is 4.68. The normalized spacial score (nSPS) is 18.5. The number of fused-ring (bicyclic) bond motifs is 1. The zero-order chi connectivity index (χ0) is 15.7. The van der Waals surface area contributed by atoms with E-state index in [0.717, 1.165) is 11.1 Å². The molecular weight excluding hydrogens is 296 g/mol. The van der Waals surface area contributed by atoms with E-state index in [1.807, 2.05) is 48.5 Å². The maximum atomic E-state index is 12.7. The van der Waals surface area contributed by atoms with Gasteiger partial charge in [-0.1, -0.05) is 54.1 Å². The molecule has 3 rings (SSSR count). The van der Waals surface area contributed by atoms with Gasteiger partial charge in [0.2, 0.25) is 0 Å². The summed E-state index contributed by atoms with van der Waals surface area (Å²) in [4.78, 5) is 24.3. The van der Waals surface area contributed by atoms with E-state index >= 15 is 0 Å². The molecule has 1 atom stereocenters. The lowest BCUT2D eigenvalue weighted by molar-refractivity contribution is -0.117. The second kappa shape index (κ2) is 5.90. The van der Waals surface area contributed by atoms with Crippen LogP contribution in [0.1, 0.15) is 40.7 Å². The van der Waals surface area contributed by atoms with Crippen LogP contribution in [0.15, 0.2) is 54.1 Å². The van der Waals surface area contributed by atoms with Gasteiger partial charge in [-0.2, -0.15) is 0 Å². The quantitative estimate of drug-likeness (QED) is 0.771. The van der Waals surface area contributed by atoms with E-state index in [-0.39, 0.29) is 17.5 Å². The summed E-state index contributed by atoms with van der Waals surface area (Å²) in [5.41, 5.74) is 3.06. The molecule has 2 aromatic rings. The van der Waals surface area contributed by atoms with Crippen LogP contribution in [0, 0.1) is 0 Å². The van der Waals surface area contributed by atoms with Crippen LogP contribution in [0.5, 0.6) is 0 Å². The molecule has 3 heteroatoms. The van der Waals surface area contributed by atoms with Gasteiger partial charge in [-0.3, -0.25) is 9.59 Å². The van der Waals surface area contributed by atoms with Crippen molar-refractivity contribution in [3.05, 3.63) is 75.8 Å². The van der Waals surface area contributed by atoms with E-state index in [4.69, 9.17) is 11.6 Å². The molecule has 0 aliphatic heterocycles. The van der Waals surface area contributed by atoms with E-state index in [9.17, 15) is 9.59 Å². The number of Topliss-reactive ketones (excluding diaryl/α,β-unsaturated/α-hetero) is 2. The molecule has 0 fully saturated rings. The molecule has 2 nitrogen and oxygen atoms in total. The van der Waals surface area contributed by atoms with Crippen LogP contribution < -0.4 is 0 Å². The minimum Gasteiger partial charge on any atom is -0.300 e. The van der Waals surface area contributed by atoms with Crippen molar-refractivity contribution in [1.29, 1.82) is 0 Å². The van der Waals surface area contributed by atoms with Crippen molar-refractivity contribution in [2.45, 2.75) is 19.3 Å². The molecular formula is C19H15ClO2. The summed E-state index contributed by atoms with van der Waals surface area (Å²) in [7, 11) is 0. The Morgan fingerprint density at radius 1 is 1.14 bits per heavy atom. The van der Waals surface area contributed by atoms with Gasteiger partial charge in [0.1, 0.15) is 5.78 Å². The average molecular weight is 311 g/mol. The number of carbonyl (C=O) groups excluding carboxylic acids is 2. The SMILES string of the molecule is CC(=O)CC1/C(=C/c2ccccc2Cl)C(=O)c2ccccc21. The standard InChI is InChI=1S/C19H15ClO2/c1-12(21)10-16-14-7-3-4-8-15(14)19(22)17(16)11-13-6-2-5-9-18(13)20/h2-9,11,16H,10H2,1H3/b17-11-. The minimum atomic E-state index is -0.183. The maximum absolute atomic E-state index is 12.7. The van der Waals surface area contributed by atoms with Gasteiger partial charge >= 0.3 is 0 Å². The maximum Gasteiger partial charge on any atom is 0.189 e. The van der Waals surface area contributed by atoms with Crippen LogP contribution in [-0.4, -0.2) is 11.6 Å². The van der Waals surface area contributed by atoms with Gasteiger partial charge in [0.05, 0.1) is 0 Å². The fourth-order valence-corrected chi connectivity index (χ4v) is 3.11. The van der Waals surface area contributed by atoms with Gasteiger partial charge in [0.25, 0.3) is 0 Å². The van der Waals surface area contributed by atoms with Crippen molar-refractivity contribution in [1.82, 2.24) is 0 Å². The Morgan fingerprint density at radius 2 is 1.82 bits per heavy atom. The van der Waals surface area contributed by atoms with Crippen LogP contribution in [0.2, 0.25) is 5.02 Å². The Kier molecular flexibility index (Phi) is 3.95. The third-order valence-electron chi connectivity index (χ3n) is 3.93. The highest BCUT2D eigenvalue weighted by Gasteiger charge is 2.34. The molecule has 22 heavy (non-hydrogen) atoms. The molecule has 1 aliphatic rings. The lowest BCUT2D eigenvalue weighted by atomic mass is 9.91. The first-order valence-corrected chi connectivity index (χ1v) is 7.55. The summed E-state index contributed by atoms with van der Waals surface area (Å²) in [5.74, 6) is -0.126. The van der Waals surface area contributed by atoms with Crippen LogP contribution >= 0.6 is 11.6 Å². The van der Waals surface area contributed by atoms with Crippen molar-refractivity contribution in [3.8, 4) is 0 Å². The van der Waals surface area contributed by atoms with Gasteiger partial charge < -0.3 is 0 Å². The topological polar surface area (TPSA) is 34.1 Å². The molecule has 0 N–H and O–H groups in total. The smallest absolute Gasteiger partial charge is 0.189 e. The minimum absolute atomic E-state index is 0.0123. The second-order valence-corrected chi connectivity index (χ2v) is 5.90. The highest BCUT2D eigenvalue weighted by atomic mass is 35.5. The number of hydrogen-bond donors (Lipinski definition) is 0. The molecule has 0 saturated carbocycles. The summed E-state index contributed by atoms with van der Waals surface area (Å²) >= 11 is 6.19. The first-order chi connectivity index (χ1) is 10.6. The Morgan fingerprint density at radius 3 is 2.55 bits per heavy atom. The van der Waals surface area contributed by atoms with Crippen molar-refractivity contribution in [3.63, 3.8) is 0 Å². The molecule has 2 aromatic carbocycles. The Balaban J connectivity index is 2.12. The number of halogens is 1. The fraction of sp³-hybridized carbons (Fsp3) is 0.158. The molecule has 110 valence electrons. The number of benzene rings is 2. The Bertz CT molecular complexity index is 790. The lowest BCUT2D eigenvalue weighted by Crippen LogP contribution is -2.05. The number of hydrogen-bond acceptors (Lipinski definition) is 2. The van der Waals surface area contributed by atoms with E-state index in [0.29, 0.717) is 22.6 Å². The van der Waals surface area contributed by atoms with Gasteiger partial charge in [0, 0.05) is 28.5 Å². The molecule has 0 amide bonds. The second-order valence-electron chi connectivity index (χ2n) is 5.50. The molecule has 0 radical (unpaired) electrons. The van der Waals surface area contributed by atoms with Crippen molar-refractivity contribution < 1.29 is 9.59 Å². The number of ketones is 2. The Labute approximate surface area is 134 Å². The third-order valence-corrected chi connectivity index (χ3v) is 4.27. The molecule has 0 heterocycles. The van der Waals surface area contributed by atoms with Crippen LogP contribution in [0.25, 0.3) is 6.08 Å². The molecule has 0 bridgehead atoms. The Hall–Kier alpha value is -2.19. The van der Waals surface area contributed by atoms with Gasteiger partial charge in [-0.25, -0.2) is 0 Å². The monoisotopic (exact) mass is 310 g/mol. The van der Waals surface area contributed by atoms with Gasteiger partial charge in [-0.15, -0.1) is 0 Å². The first-order valence-electron chi connectivity index (χ1n) is 7.17. The lowest BCUT2D eigenvalue weighted by Gasteiger charge is -2.11. The zero-order valence-electron chi connectivity index (χ0n) is 12.2. The van der Waals surface area contributed by atoms with Crippen LogP contribution in [0.4, 0.5) is 0 Å². The first kappa shape index (κ1) is 14.7. The summed E-state index contributed by atoms with van der Waals surface area (Å²) in [5, 5.41) is 0.598.